The zero-order valence-electron chi connectivity index (χ0n) is 10.4. The number of nitrogens with zero attached hydrogens (tertiary/aromatic N) is 1. The van der Waals surface area contributed by atoms with E-state index in [0.29, 0.717) is 12.0 Å². The minimum absolute atomic E-state index is 0.261. The van der Waals surface area contributed by atoms with Crippen LogP contribution in [0.4, 0.5) is 0 Å². The maximum absolute atomic E-state index is 4.05. The minimum atomic E-state index is 0.261. The maximum Gasteiger partial charge on any atom is 0.0270 e. The summed E-state index contributed by atoms with van der Waals surface area (Å²) in [6.45, 7) is 9.07. The molecule has 0 aromatic carbocycles. The highest BCUT2D eigenvalue weighted by atomic mass is 14.9. The average molecular weight is 206 g/mol. The Morgan fingerprint density at radius 3 is 2.13 bits per heavy atom. The maximum atomic E-state index is 4.05. The lowest BCUT2D eigenvalue weighted by molar-refractivity contribution is 0.251. The van der Waals surface area contributed by atoms with Gasteiger partial charge in [-0.2, -0.15) is 0 Å². The van der Waals surface area contributed by atoms with Gasteiger partial charge in [-0.25, -0.2) is 0 Å². The summed E-state index contributed by atoms with van der Waals surface area (Å²) in [6.07, 6.45) is 3.72. The first-order valence-electron chi connectivity index (χ1n) is 5.54. The molecule has 0 aliphatic rings. The van der Waals surface area contributed by atoms with E-state index in [2.05, 4.69) is 50.1 Å². The summed E-state index contributed by atoms with van der Waals surface area (Å²) >= 11 is 0. The van der Waals surface area contributed by atoms with Crippen LogP contribution in [0.15, 0.2) is 24.5 Å². The largest absolute Gasteiger partial charge is 0.316 e. The van der Waals surface area contributed by atoms with Gasteiger partial charge in [0.2, 0.25) is 0 Å². The second-order valence-electron chi connectivity index (χ2n) is 5.20. The molecule has 0 radical (unpaired) electrons. The summed E-state index contributed by atoms with van der Waals surface area (Å²) in [7, 11) is 2.04. The van der Waals surface area contributed by atoms with Gasteiger partial charge in [-0.3, -0.25) is 4.98 Å². The summed E-state index contributed by atoms with van der Waals surface area (Å²) in [5, 5.41) is 3.42. The van der Waals surface area contributed by atoms with Crippen molar-refractivity contribution in [3.05, 3.63) is 30.1 Å². The van der Waals surface area contributed by atoms with Gasteiger partial charge in [0, 0.05) is 18.4 Å². The molecular weight excluding hydrogens is 184 g/mol. The van der Waals surface area contributed by atoms with Crippen molar-refractivity contribution in [3.8, 4) is 0 Å². The van der Waals surface area contributed by atoms with Gasteiger partial charge in [0.15, 0.2) is 0 Å². The second-order valence-corrected chi connectivity index (χ2v) is 5.20. The molecule has 0 aliphatic heterocycles. The Bertz CT molecular complexity index is 287. The standard InChI is InChI=1S/C13H22N2/c1-10(11-6-8-15-9-7-11)12(14-5)13(2,3)4/h6-10,12,14H,1-5H3. The molecule has 1 N–H and O–H groups in total. The molecule has 2 unspecified atom stereocenters. The molecule has 2 atom stereocenters. The zero-order valence-corrected chi connectivity index (χ0v) is 10.4. The summed E-state index contributed by atoms with van der Waals surface area (Å²) in [5.74, 6) is 0.498. The molecule has 0 amide bonds. The van der Waals surface area contributed by atoms with Crippen molar-refractivity contribution < 1.29 is 0 Å². The van der Waals surface area contributed by atoms with Crippen LogP contribution < -0.4 is 5.32 Å². The molecule has 1 aromatic rings. The van der Waals surface area contributed by atoms with Gasteiger partial charge < -0.3 is 5.32 Å². The van der Waals surface area contributed by atoms with Crippen LogP contribution in [0.3, 0.4) is 0 Å². The molecule has 0 spiro atoms. The first-order chi connectivity index (χ1) is 6.96. The minimum Gasteiger partial charge on any atom is -0.316 e. The van der Waals surface area contributed by atoms with E-state index in [-0.39, 0.29) is 5.41 Å². The molecule has 0 aliphatic carbocycles. The fourth-order valence-electron chi connectivity index (χ4n) is 2.29. The number of hydrogen-bond acceptors (Lipinski definition) is 2. The van der Waals surface area contributed by atoms with E-state index in [9.17, 15) is 0 Å². The van der Waals surface area contributed by atoms with E-state index in [1.165, 1.54) is 5.56 Å². The fraction of sp³-hybridized carbons (Fsp3) is 0.615. The number of likely N-dealkylation sites (N-methyl/N-ethyl adjacent to an activating group) is 1. The SMILES string of the molecule is CNC(C(C)c1ccncc1)C(C)(C)C. The molecule has 2 heteroatoms. The van der Waals surface area contributed by atoms with Crippen LogP contribution in [-0.2, 0) is 0 Å². The summed E-state index contributed by atoms with van der Waals surface area (Å²) in [5.41, 5.74) is 1.61. The predicted octanol–water partition coefficient (Wildman–Crippen LogP) is 2.82. The van der Waals surface area contributed by atoms with E-state index < -0.39 is 0 Å². The van der Waals surface area contributed by atoms with Gasteiger partial charge in [-0.05, 0) is 36.1 Å². The van der Waals surface area contributed by atoms with Crippen molar-refractivity contribution in [3.63, 3.8) is 0 Å². The van der Waals surface area contributed by atoms with Gasteiger partial charge in [0.1, 0.15) is 0 Å². The molecule has 0 saturated heterocycles. The van der Waals surface area contributed by atoms with Crippen molar-refractivity contribution in [2.45, 2.75) is 39.7 Å². The lowest BCUT2D eigenvalue weighted by Gasteiger charge is -2.35. The van der Waals surface area contributed by atoms with E-state index >= 15 is 0 Å². The van der Waals surface area contributed by atoms with Gasteiger partial charge in [0.25, 0.3) is 0 Å². The van der Waals surface area contributed by atoms with Crippen LogP contribution in [0.25, 0.3) is 0 Å². The molecule has 15 heavy (non-hydrogen) atoms. The van der Waals surface area contributed by atoms with Gasteiger partial charge in [-0.15, -0.1) is 0 Å². The van der Waals surface area contributed by atoms with Crippen molar-refractivity contribution >= 4 is 0 Å². The smallest absolute Gasteiger partial charge is 0.0270 e. The van der Waals surface area contributed by atoms with E-state index in [0.717, 1.165) is 0 Å². The Labute approximate surface area is 93.1 Å². The zero-order chi connectivity index (χ0) is 11.5. The second kappa shape index (κ2) is 4.75. The lowest BCUT2D eigenvalue weighted by atomic mass is 9.77. The fourth-order valence-corrected chi connectivity index (χ4v) is 2.29. The normalized spacial score (nSPS) is 16.1. The molecule has 1 heterocycles. The Kier molecular flexibility index (Phi) is 3.86. The third kappa shape index (κ3) is 3.03. The third-order valence-electron chi connectivity index (χ3n) is 2.98. The Hall–Kier alpha value is -0.890. The van der Waals surface area contributed by atoms with Gasteiger partial charge in [-0.1, -0.05) is 27.7 Å². The van der Waals surface area contributed by atoms with Crippen molar-refractivity contribution in [2.75, 3.05) is 7.05 Å². The average Bonchev–Trinajstić information content (AvgIpc) is 2.18. The first-order valence-corrected chi connectivity index (χ1v) is 5.54. The number of hydrogen-bond donors (Lipinski definition) is 1. The molecule has 2 nitrogen and oxygen atoms in total. The third-order valence-corrected chi connectivity index (χ3v) is 2.98. The Balaban J connectivity index is 2.88. The highest BCUT2D eigenvalue weighted by Crippen LogP contribution is 2.30. The van der Waals surface area contributed by atoms with Gasteiger partial charge in [0.05, 0.1) is 0 Å². The highest BCUT2D eigenvalue weighted by Gasteiger charge is 2.28. The Morgan fingerprint density at radius 1 is 1.20 bits per heavy atom. The number of pyridine rings is 1. The van der Waals surface area contributed by atoms with Crippen LogP contribution in [0.1, 0.15) is 39.2 Å². The van der Waals surface area contributed by atoms with E-state index in [1.807, 2.05) is 19.4 Å². The molecule has 0 saturated carbocycles. The van der Waals surface area contributed by atoms with Crippen molar-refractivity contribution in [1.82, 2.24) is 10.3 Å². The molecular formula is C13H22N2. The highest BCUT2D eigenvalue weighted by molar-refractivity contribution is 5.18. The number of rotatable bonds is 3. The molecule has 84 valence electrons. The summed E-state index contributed by atoms with van der Waals surface area (Å²) in [4.78, 5) is 4.05. The quantitative estimate of drug-likeness (QED) is 0.822. The van der Waals surface area contributed by atoms with Crippen molar-refractivity contribution in [1.29, 1.82) is 0 Å². The van der Waals surface area contributed by atoms with Crippen LogP contribution in [0.5, 0.6) is 0 Å². The van der Waals surface area contributed by atoms with Crippen LogP contribution in [-0.4, -0.2) is 18.1 Å². The number of aromatic nitrogens is 1. The van der Waals surface area contributed by atoms with Crippen LogP contribution >= 0.6 is 0 Å². The number of nitrogens with one attached hydrogen (secondary N) is 1. The summed E-state index contributed by atoms with van der Waals surface area (Å²) < 4.78 is 0. The van der Waals surface area contributed by atoms with E-state index in [1.54, 1.807) is 0 Å². The van der Waals surface area contributed by atoms with Crippen LogP contribution in [0, 0.1) is 5.41 Å². The van der Waals surface area contributed by atoms with E-state index in [4.69, 9.17) is 0 Å². The molecule has 1 rings (SSSR count). The van der Waals surface area contributed by atoms with Gasteiger partial charge >= 0.3 is 0 Å². The van der Waals surface area contributed by atoms with Crippen molar-refractivity contribution in [2.24, 2.45) is 5.41 Å². The molecule has 1 aromatic heterocycles. The first kappa shape index (κ1) is 12.2. The Morgan fingerprint density at radius 2 is 1.73 bits per heavy atom. The monoisotopic (exact) mass is 206 g/mol. The van der Waals surface area contributed by atoms with Crippen LogP contribution in [0.2, 0.25) is 0 Å². The molecule has 0 fully saturated rings. The molecule has 0 bridgehead atoms. The predicted molar refractivity (Wildman–Crippen MR) is 65.0 cm³/mol. The summed E-state index contributed by atoms with van der Waals surface area (Å²) in [6, 6.07) is 4.67. The lowest BCUT2D eigenvalue weighted by Crippen LogP contribution is -2.42. The topological polar surface area (TPSA) is 24.9 Å².